The van der Waals surface area contributed by atoms with E-state index in [9.17, 15) is 11.0 Å². The molecule has 1 unspecified atom stereocenters. The van der Waals surface area contributed by atoms with Gasteiger partial charge in [0.15, 0.2) is 11.6 Å². The third kappa shape index (κ3) is 4.50. The van der Waals surface area contributed by atoms with Crippen LogP contribution in [0.2, 0.25) is 0 Å². The summed E-state index contributed by atoms with van der Waals surface area (Å²) in [7, 11) is 0. The molecule has 0 radical (unpaired) electrons. The van der Waals surface area contributed by atoms with E-state index in [4.69, 9.17) is 21.9 Å². The SMILES string of the molecule is [2H]c1c([2H])c([2H])c(-c2nc(-c3c([2H])c([2H])c(-c4c([2H])c([2H])c([2H])c([2H])c4[2H])c([2H])c3[2H])nc(-n3c4c([2H])c([2H])c([2H])c([2H])c4c4c([2H])c([2H])c5c(c43)-c3c([2H])c([2H])c([2H])c([2H])c3C5c3ccccc3)n2)c([2H])c1[2H]. The molecule has 2 heterocycles. The topological polar surface area (TPSA) is 43.6 Å². The van der Waals surface area contributed by atoms with Crippen LogP contribution in [-0.2, 0) is 0 Å². The Hall–Kier alpha value is -6.65. The molecule has 9 aromatic rings. The van der Waals surface area contributed by atoms with Crippen molar-refractivity contribution in [1.29, 1.82) is 0 Å². The monoisotopic (exact) mass is 662 g/mol. The van der Waals surface area contributed by atoms with Crippen molar-refractivity contribution >= 4 is 21.8 Å². The third-order valence-corrected chi connectivity index (χ3v) is 8.25. The molecule has 2 aromatic heterocycles. The second-order valence-corrected chi connectivity index (χ2v) is 11.0. The molecule has 0 fully saturated rings. The van der Waals surface area contributed by atoms with Gasteiger partial charge in [-0.05, 0) is 39.4 Å². The molecular weight excluding hydrogens is 609 g/mol. The summed E-state index contributed by atoms with van der Waals surface area (Å²) < 4.78 is 215. The van der Waals surface area contributed by atoms with E-state index in [1.54, 1.807) is 30.3 Å². The van der Waals surface area contributed by atoms with Crippen LogP contribution in [0.25, 0.3) is 72.8 Å². The van der Waals surface area contributed by atoms with Crippen molar-refractivity contribution in [2.45, 2.75) is 5.92 Å². The van der Waals surface area contributed by atoms with Crippen molar-refractivity contribution < 1.29 is 32.9 Å². The molecule has 1 aliphatic carbocycles. The predicted molar refractivity (Wildman–Crippen MR) is 203 cm³/mol. The second kappa shape index (κ2) is 11.5. The van der Waals surface area contributed by atoms with E-state index in [2.05, 4.69) is 15.0 Å². The average molecular weight is 663 g/mol. The van der Waals surface area contributed by atoms with E-state index >= 15 is 0 Å². The minimum atomic E-state index is -1.18. The highest BCUT2D eigenvalue weighted by atomic mass is 15.2. The van der Waals surface area contributed by atoms with E-state index in [1.165, 1.54) is 0 Å². The molecule has 10 rings (SSSR count). The van der Waals surface area contributed by atoms with Gasteiger partial charge in [0.2, 0.25) is 5.95 Å². The van der Waals surface area contributed by atoms with Crippen molar-refractivity contribution in [2.24, 2.45) is 0 Å². The molecule has 0 saturated carbocycles. The van der Waals surface area contributed by atoms with Crippen molar-refractivity contribution in [3.8, 4) is 51.0 Å². The number of aromatic nitrogens is 4. The molecular formula is C46H30N4. The number of para-hydroxylation sites is 1. The Morgan fingerprint density at radius 3 is 1.84 bits per heavy atom. The van der Waals surface area contributed by atoms with Gasteiger partial charge in [-0.2, -0.15) is 9.97 Å². The van der Waals surface area contributed by atoms with Gasteiger partial charge in [0, 0.05) is 33.4 Å². The van der Waals surface area contributed by atoms with E-state index in [-0.39, 0.29) is 33.2 Å². The van der Waals surface area contributed by atoms with E-state index in [1.807, 2.05) is 0 Å². The molecule has 4 heteroatoms. The maximum absolute atomic E-state index is 9.66. The molecule has 7 aromatic carbocycles. The van der Waals surface area contributed by atoms with Gasteiger partial charge in [-0.25, -0.2) is 4.98 Å². The summed E-state index contributed by atoms with van der Waals surface area (Å²) in [5, 5.41) is -0.766. The lowest BCUT2D eigenvalue weighted by Crippen LogP contribution is -2.07. The van der Waals surface area contributed by atoms with Crippen LogP contribution in [0.4, 0.5) is 0 Å². The summed E-state index contributed by atoms with van der Waals surface area (Å²) in [5.74, 6) is -3.59. The van der Waals surface area contributed by atoms with Gasteiger partial charge in [-0.1, -0.05) is 169 Å². The van der Waals surface area contributed by atoms with Gasteiger partial charge < -0.3 is 0 Å². The van der Waals surface area contributed by atoms with Crippen LogP contribution >= 0.6 is 0 Å². The maximum Gasteiger partial charge on any atom is 0.238 e. The third-order valence-electron chi connectivity index (χ3n) is 8.25. The fraction of sp³-hybridized carbons (Fsp3) is 0.0217. The molecule has 0 aliphatic heterocycles. The Kier molecular flexibility index (Phi) is 3.07. The molecule has 0 bridgehead atoms. The number of rotatable bonds is 5. The Balaban J connectivity index is 1.45. The average Bonchev–Trinajstić information content (AvgIpc) is 3.94. The van der Waals surface area contributed by atoms with Gasteiger partial charge in [-0.15, -0.1) is 0 Å². The molecule has 0 N–H and O–H groups in total. The first kappa shape index (κ1) is 13.3. The zero-order valence-electron chi connectivity index (χ0n) is 49.3. The number of hydrogen-bond acceptors (Lipinski definition) is 3. The van der Waals surface area contributed by atoms with Gasteiger partial charge in [0.1, 0.15) is 0 Å². The molecule has 234 valence electrons. The first-order chi connectivity index (χ1) is 34.8. The first-order valence-electron chi connectivity index (χ1n) is 27.0. The van der Waals surface area contributed by atoms with Crippen LogP contribution in [0.1, 0.15) is 55.5 Å². The first-order valence-corrected chi connectivity index (χ1v) is 15.0. The highest BCUT2D eigenvalue weighted by Gasteiger charge is 2.33. The zero-order chi connectivity index (χ0) is 53.9. The highest BCUT2D eigenvalue weighted by Crippen LogP contribution is 2.52. The summed E-state index contributed by atoms with van der Waals surface area (Å²) in [6.07, 6.45) is 0. The lowest BCUT2D eigenvalue weighted by atomic mass is 9.89. The van der Waals surface area contributed by atoms with Crippen molar-refractivity contribution in [1.82, 2.24) is 19.5 Å². The maximum atomic E-state index is 9.66. The summed E-state index contributed by atoms with van der Waals surface area (Å²) >= 11 is 0. The van der Waals surface area contributed by atoms with Gasteiger partial charge in [-0.3, -0.25) is 4.57 Å². The Bertz CT molecular complexity index is 4000. The summed E-state index contributed by atoms with van der Waals surface area (Å²) in [6.45, 7) is 0. The highest BCUT2D eigenvalue weighted by molar-refractivity contribution is 6.15. The number of fused-ring (bicyclic) bond motifs is 7. The number of benzene rings is 7. The van der Waals surface area contributed by atoms with Crippen LogP contribution < -0.4 is 0 Å². The fourth-order valence-corrected chi connectivity index (χ4v) is 6.18. The lowest BCUT2D eigenvalue weighted by Gasteiger charge is -2.15. The van der Waals surface area contributed by atoms with Gasteiger partial charge >= 0.3 is 0 Å². The normalized spacial score (nSPS) is 20.1. The second-order valence-electron chi connectivity index (χ2n) is 11.0. The van der Waals surface area contributed by atoms with E-state index in [0.29, 0.717) is 5.56 Å². The smallest absolute Gasteiger partial charge is 0.238 e. The number of hydrogen-bond donors (Lipinski definition) is 0. The quantitative estimate of drug-likeness (QED) is 0.184. The predicted octanol–water partition coefficient (Wildman–Crippen LogP) is 11.1. The molecule has 1 atom stereocenters. The van der Waals surface area contributed by atoms with Crippen molar-refractivity contribution in [2.75, 3.05) is 0 Å². The minimum absolute atomic E-state index is 0.0343. The van der Waals surface area contributed by atoms with E-state index < -0.39 is 202 Å². The van der Waals surface area contributed by atoms with Crippen LogP contribution in [-0.4, -0.2) is 19.5 Å². The molecule has 1 aliphatic rings. The zero-order valence-corrected chi connectivity index (χ0v) is 25.3. The Morgan fingerprint density at radius 2 is 1.08 bits per heavy atom. The van der Waals surface area contributed by atoms with Crippen LogP contribution in [0.5, 0.6) is 0 Å². The fourth-order valence-electron chi connectivity index (χ4n) is 6.18. The molecule has 4 nitrogen and oxygen atoms in total. The van der Waals surface area contributed by atoms with Gasteiger partial charge in [0.05, 0.1) is 43.9 Å². The molecule has 0 amide bonds. The van der Waals surface area contributed by atoms with Gasteiger partial charge in [0.25, 0.3) is 0 Å². The minimum Gasteiger partial charge on any atom is -0.277 e. The standard InChI is InChI=1S/C46H30N4/c1-4-14-30(15-5-1)31-24-26-34(27-25-31)45-47-44(33-18-8-3-9-19-33)48-46(49-45)50-40-23-13-12-20-35(40)38-28-29-39-41(32-16-6-2-7-17-32)36-21-10-11-22-37(36)42(39)43(38)50/h1-29,41H/i1D,3D,4D,5D,8D,9D,10D,11D,12D,13D,14D,15D,18D,19D,20D,21D,22D,23D,24D,25D,26D,27D,28D,29D. The largest absolute Gasteiger partial charge is 0.277 e. The van der Waals surface area contributed by atoms with Crippen LogP contribution in [0.15, 0.2) is 175 Å². The Labute approximate surface area is 323 Å². The lowest BCUT2D eigenvalue weighted by molar-refractivity contribution is 0.953. The van der Waals surface area contributed by atoms with Crippen molar-refractivity contribution in [3.05, 3.63) is 192 Å². The number of nitrogens with zero attached hydrogens (tertiary/aromatic N) is 4. The summed E-state index contributed by atoms with van der Waals surface area (Å²) in [5.41, 5.74) is -3.76. The Morgan fingerprint density at radius 1 is 0.480 bits per heavy atom. The van der Waals surface area contributed by atoms with Crippen LogP contribution in [0.3, 0.4) is 0 Å². The molecule has 50 heavy (non-hydrogen) atoms. The summed E-state index contributed by atoms with van der Waals surface area (Å²) in [6, 6.07) is -11.0. The van der Waals surface area contributed by atoms with Crippen LogP contribution in [0, 0.1) is 0 Å². The molecule has 0 saturated heterocycles. The molecule has 0 spiro atoms. The van der Waals surface area contributed by atoms with Crippen molar-refractivity contribution in [3.63, 3.8) is 0 Å². The van der Waals surface area contributed by atoms with E-state index in [0.717, 1.165) is 4.57 Å². The summed E-state index contributed by atoms with van der Waals surface area (Å²) in [4.78, 5) is 13.5.